The van der Waals surface area contributed by atoms with E-state index in [1.54, 1.807) is 21.7 Å². The Morgan fingerprint density at radius 1 is 1.25 bits per heavy atom. The highest BCUT2D eigenvalue weighted by atomic mass is 32.2. The van der Waals surface area contributed by atoms with Gasteiger partial charge in [-0.2, -0.15) is 5.10 Å². The molecule has 0 radical (unpaired) electrons. The van der Waals surface area contributed by atoms with Crippen LogP contribution in [0.15, 0.2) is 24.3 Å². The predicted molar refractivity (Wildman–Crippen MR) is 104 cm³/mol. The second-order valence-electron chi connectivity index (χ2n) is 7.52. The molecule has 0 bridgehead atoms. The Morgan fingerprint density at radius 2 is 1.96 bits per heavy atom. The zero-order valence-corrected chi connectivity index (χ0v) is 16.7. The van der Waals surface area contributed by atoms with E-state index in [1.807, 2.05) is 6.92 Å². The maximum atomic E-state index is 13.3. The number of sulfone groups is 1. The molecular weight excluding hydrogens is 381 g/mol. The summed E-state index contributed by atoms with van der Waals surface area (Å²) in [4.78, 5) is 15.0. The Hall–Kier alpha value is -2.22. The molecule has 1 amide bonds. The minimum Gasteiger partial charge on any atom is -0.333 e. The van der Waals surface area contributed by atoms with Gasteiger partial charge in [-0.25, -0.2) is 17.5 Å². The Balaban J connectivity index is 1.72. The average molecular weight is 405 g/mol. The molecule has 2 aromatic rings. The Morgan fingerprint density at radius 3 is 2.61 bits per heavy atom. The molecule has 1 atom stereocenters. The normalized spacial score (nSPS) is 20.7. The molecule has 1 aromatic carbocycles. The first-order chi connectivity index (χ1) is 13.4. The molecular formula is C20H24FN3O3S. The van der Waals surface area contributed by atoms with Crippen molar-refractivity contribution in [1.82, 2.24) is 14.7 Å². The molecule has 0 N–H and O–H groups in total. The van der Waals surface area contributed by atoms with Gasteiger partial charge in [-0.1, -0.05) is 0 Å². The number of carbonyl (C=O) groups excluding carboxylic acids is 1. The molecule has 0 saturated carbocycles. The summed E-state index contributed by atoms with van der Waals surface area (Å²) in [6.45, 7) is 2.31. The summed E-state index contributed by atoms with van der Waals surface area (Å²) in [5, 5.41) is 4.62. The van der Waals surface area contributed by atoms with Gasteiger partial charge in [0.15, 0.2) is 15.5 Å². The van der Waals surface area contributed by atoms with Gasteiger partial charge in [0.1, 0.15) is 5.82 Å². The molecule has 2 aliphatic rings. The number of nitrogens with zero attached hydrogens (tertiary/aromatic N) is 3. The summed E-state index contributed by atoms with van der Waals surface area (Å²) in [6, 6.07) is 5.79. The molecule has 1 aliphatic heterocycles. The summed E-state index contributed by atoms with van der Waals surface area (Å²) < 4.78 is 38.8. The molecule has 1 fully saturated rings. The zero-order chi connectivity index (χ0) is 19.9. The van der Waals surface area contributed by atoms with Crippen molar-refractivity contribution in [2.75, 3.05) is 18.1 Å². The predicted octanol–water partition coefficient (Wildman–Crippen LogP) is 2.54. The van der Waals surface area contributed by atoms with E-state index >= 15 is 0 Å². The van der Waals surface area contributed by atoms with E-state index in [2.05, 4.69) is 5.10 Å². The van der Waals surface area contributed by atoms with Crippen LogP contribution in [0.1, 0.15) is 47.9 Å². The minimum absolute atomic E-state index is 0.0213. The molecule has 4 rings (SSSR count). The summed E-state index contributed by atoms with van der Waals surface area (Å²) in [5.41, 5.74) is 3.08. The van der Waals surface area contributed by atoms with Crippen molar-refractivity contribution in [3.8, 4) is 5.69 Å². The van der Waals surface area contributed by atoms with Gasteiger partial charge in [0.05, 0.1) is 17.2 Å². The maximum absolute atomic E-state index is 13.3. The van der Waals surface area contributed by atoms with Crippen molar-refractivity contribution >= 4 is 15.7 Å². The molecule has 1 saturated heterocycles. The van der Waals surface area contributed by atoms with E-state index in [1.165, 1.54) is 12.1 Å². The first-order valence-electron chi connectivity index (χ1n) is 9.77. The number of hydrogen-bond donors (Lipinski definition) is 0. The molecule has 6 nitrogen and oxygen atoms in total. The number of amides is 1. The third-order valence-corrected chi connectivity index (χ3v) is 7.46. The second-order valence-corrected chi connectivity index (χ2v) is 9.75. The Kier molecular flexibility index (Phi) is 4.99. The molecule has 1 aromatic heterocycles. The highest BCUT2D eigenvalue weighted by Crippen LogP contribution is 2.29. The Labute approximate surface area is 164 Å². The van der Waals surface area contributed by atoms with Crippen molar-refractivity contribution in [3.05, 3.63) is 47.0 Å². The van der Waals surface area contributed by atoms with Crippen LogP contribution in [0.5, 0.6) is 0 Å². The number of aromatic nitrogens is 2. The molecule has 0 spiro atoms. The fourth-order valence-electron chi connectivity index (χ4n) is 4.29. The summed E-state index contributed by atoms with van der Waals surface area (Å²) in [6.07, 6.45) is 4.08. The van der Waals surface area contributed by atoms with Crippen molar-refractivity contribution in [2.45, 2.75) is 45.1 Å². The summed E-state index contributed by atoms with van der Waals surface area (Å²) in [5.74, 6) is -0.374. The number of fused-ring (bicyclic) bond motifs is 1. The lowest BCUT2D eigenvalue weighted by molar-refractivity contribution is 0.0700. The molecule has 2 heterocycles. The van der Waals surface area contributed by atoms with E-state index in [9.17, 15) is 17.6 Å². The summed E-state index contributed by atoms with van der Waals surface area (Å²) >= 11 is 0. The van der Waals surface area contributed by atoms with Crippen molar-refractivity contribution in [2.24, 2.45) is 0 Å². The van der Waals surface area contributed by atoms with Crippen LogP contribution in [-0.2, 0) is 22.7 Å². The molecule has 1 unspecified atom stereocenters. The minimum atomic E-state index is -3.08. The largest absolute Gasteiger partial charge is 0.333 e. The topological polar surface area (TPSA) is 72.3 Å². The number of benzene rings is 1. The van der Waals surface area contributed by atoms with Gasteiger partial charge in [-0.05, 0) is 63.3 Å². The van der Waals surface area contributed by atoms with Gasteiger partial charge in [-0.15, -0.1) is 0 Å². The van der Waals surface area contributed by atoms with E-state index in [-0.39, 0.29) is 29.3 Å². The maximum Gasteiger partial charge on any atom is 0.274 e. The van der Waals surface area contributed by atoms with Gasteiger partial charge >= 0.3 is 0 Å². The summed E-state index contributed by atoms with van der Waals surface area (Å²) in [7, 11) is -3.08. The van der Waals surface area contributed by atoms with Gasteiger partial charge in [0, 0.05) is 23.8 Å². The van der Waals surface area contributed by atoms with Crippen molar-refractivity contribution in [1.29, 1.82) is 0 Å². The first kappa shape index (κ1) is 19.1. The van der Waals surface area contributed by atoms with Crippen LogP contribution in [0.25, 0.3) is 5.69 Å². The third kappa shape index (κ3) is 3.45. The van der Waals surface area contributed by atoms with E-state index in [0.717, 1.165) is 42.6 Å². The quantitative estimate of drug-likeness (QED) is 0.784. The average Bonchev–Trinajstić information content (AvgIpc) is 3.23. The smallest absolute Gasteiger partial charge is 0.274 e. The number of halogens is 1. The number of hydrogen-bond acceptors (Lipinski definition) is 4. The molecule has 1 aliphatic carbocycles. The zero-order valence-electron chi connectivity index (χ0n) is 15.9. The lowest BCUT2D eigenvalue weighted by atomic mass is 9.95. The lowest BCUT2D eigenvalue weighted by Gasteiger charge is -2.26. The van der Waals surface area contributed by atoms with Gasteiger partial charge in [-0.3, -0.25) is 4.79 Å². The van der Waals surface area contributed by atoms with E-state index < -0.39 is 9.84 Å². The fourth-order valence-corrected chi connectivity index (χ4v) is 6.02. The van der Waals surface area contributed by atoms with Gasteiger partial charge < -0.3 is 4.90 Å². The number of rotatable bonds is 4. The molecule has 28 heavy (non-hydrogen) atoms. The van der Waals surface area contributed by atoms with Crippen LogP contribution >= 0.6 is 0 Å². The Bertz CT molecular complexity index is 998. The van der Waals surface area contributed by atoms with E-state index in [0.29, 0.717) is 18.7 Å². The van der Waals surface area contributed by atoms with Crippen molar-refractivity contribution in [3.63, 3.8) is 0 Å². The van der Waals surface area contributed by atoms with Gasteiger partial charge in [0.25, 0.3) is 5.91 Å². The van der Waals surface area contributed by atoms with Crippen LogP contribution in [0.4, 0.5) is 4.39 Å². The fraction of sp³-hybridized carbons (Fsp3) is 0.500. The molecule has 150 valence electrons. The highest BCUT2D eigenvalue weighted by Gasteiger charge is 2.36. The third-order valence-electron chi connectivity index (χ3n) is 5.70. The monoisotopic (exact) mass is 405 g/mol. The lowest BCUT2D eigenvalue weighted by Crippen LogP contribution is -2.41. The van der Waals surface area contributed by atoms with E-state index in [4.69, 9.17) is 0 Å². The van der Waals surface area contributed by atoms with Crippen LogP contribution in [0.2, 0.25) is 0 Å². The SMILES string of the molecule is CCN(C(=O)c1nn(-c2ccc(F)cc2)c2c1CCCC2)C1CCS(=O)(=O)C1. The van der Waals surface area contributed by atoms with Crippen molar-refractivity contribution < 1.29 is 17.6 Å². The standard InChI is InChI=1S/C20H24FN3O3S/c1-2-23(16-11-12-28(26,27)13-16)20(25)19-17-5-3-4-6-18(17)24(22-19)15-9-7-14(21)8-10-15/h7-10,16H,2-6,11-13H2,1H3. The van der Waals surface area contributed by atoms with Crippen LogP contribution in [0.3, 0.4) is 0 Å². The number of carbonyl (C=O) groups is 1. The molecule has 8 heteroatoms. The van der Waals surface area contributed by atoms with Crippen LogP contribution in [0, 0.1) is 5.82 Å². The van der Waals surface area contributed by atoms with Gasteiger partial charge in [0.2, 0.25) is 0 Å². The highest BCUT2D eigenvalue weighted by molar-refractivity contribution is 7.91. The second kappa shape index (κ2) is 7.31. The first-order valence-corrected chi connectivity index (χ1v) is 11.6. The van der Waals surface area contributed by atoms with Crippen LogP contribution < -0.4 is 0 Å². The van der Waals surface area contributed by atoms with Crippen LogP contribution in [-0.4, -0.2) is 53.1 Å².